The molecule has 0 heterocycles. The fraction of sp³-hybridized carbons (Fsp3) is 0.500. The highest BCUT2D eigenvalue weighted by atomic mass is 16.3. The van der Waals surface area contributed by atoms with Crippen molar-refractivity contribution in [1.29, 1.82) is 0 Å². The van der Waals surface area contributed by atoms with Crippen LogP contribution in [-0.4, -0.2) is 10.9 Å². The Balaban J connectivity index is 4.49. The van der Waals surface area contributed by atoms with E-state index in [4.69, 9.17) is 5.11 Å². The monoisotopic (exact) mass is 168 g/mol. The summed E-state index contributed by atoms with van der Waals surface area (Å²) in [6, 6.07) is 0. The fourth-order valence-electron chi connectivity index (χ4n) is 0.852. The van der Waals surface area contributed by atoms with Gasteiger partial charge >= 0.3 is 0 Å². The molecule has 0 radical (unpaired) electrons. The van der Waals surface area contributed by atoms with Crippen LogP contribution in [0.5, 0.6) is 0 Å². The van der Waals surface area contributed by atoms with Gasteiger partial charge in [-0.3, -0.25) is 4.79 Å². The minimum absolute atomic E-state index is 0.0625. The molecular weight excluding hydrogens is 152 g/mol. The van der Waals surface area contributed by atoms with E-state index in [0.717, 1.165) is 5.57 Å². The first kappa shape index (κ1) is 11.0. The lowest BCUT2D eigenvalue weighted by atomic mass is 10.1. The summed E-state index contributed by atoms with van der Waals surface area (Å²) in [6.45, 7) is 6.93. The maximum absolute atomic E-state index is 11.0. The zero-order valence-electron chi connectivity index (χ0n) is 8.14. The number of ketones is 1. The lowest BCUT2D eigenvalue weighted by molar-refractivity contribution is -0.113. The Morgan fingerprint density at radius 2 is 1.75 bits per heavy atom. The van der Waals surface area contributed by atoms with Gasteiger partial charge in [0.05, 0.1) is 5.76 Å². The van der Waals surface area contributed by atoms with Crippen molar-refractivity contribution in [2.45, 2.75) is 34.1 Å². The number of carbonyl (C=O) groups is 1. The SMILES string of the molecule is CC(=O)/C(CC=C(C)C)=C(/C)O. The van der Waals surface area contributed by atoms with Crippen LogP contribution in [0.3, 0.4) is 0 Å². The lowest BCUT2D eigenvalue weighted by Crippen LogP contribution is -1.99. The summed E-state index contributed by atoms with van der Waals surface area (Å²) < 4.78 is 0. The standard InChI is InChI=1S/C10H16O2/c1-7(2)5-6-10(8(3)11)9(4)12/h5,11H,6H2,1-4H3/b10-8-. The number of allylic oxidation sites excluding steroid dienone is 4. The van der Waals surface area contributed by atoms with E-state index in [1.54, 1.807) is 0 Å². The van der Waals surface area contributed by atoms with Gasteiger partial charge < -0.3 is 5.11 Å². The third-order valence-electron chi connectivity index (χ3n) is 1.58. The maximum Gasteiger partial charge on any atom is 0.159 e. The Labute approximate surface area is 73.6 Å². The molecule has 0 aliphatic rings. The lowest BCUT2D eigenvalue weighted by Gasteiger charge is -2.01. The van der Waals surface area contributed by atoms with Crippen molar-refractivity contribution in [1.82, 2.24) is 0 Å². The minimum atomic E-state index is -0.0625. The molecule has 0 aromatic carbocycles. The molecule has 12 heavy (non-hydrogen) atoms. The van der Waals surface area contributed by atoms with E-state index >= 15 is 0 Å². The molecule has 1 N–H and O–H groups in total. The molecule has 0 aromatic heterocycles. The molecule has 0 aromatic rings. The number of carbonyl (C=O) groups excluding carboxylic acids is 1. The number of hydrogen-bond acceptors (Lipinski definition) is 2. The Hall–Kier alpha value is -1.05. The number of aliphatic hydroxyl groups is 1. The second-order valence-corrected chi connectivity index (χ2v) is 3.11. The van der Waals surface area contributed by atoms with Gasteiger partial charge in [0.1, 0.15) is 0 Å². The molecular formula is C10H16O2. The maximum atomic E-state index is 11.0. The van der Waals surface area contributed by atoms with E-state index in [1.165, 1.54) is 13.8 Å². The average Bonchev–Trinajstić information content (AvgIpc) is 1.84. The zero-order valence-corrected chi connectivity index (χ0v) is 8.14. The molecule has 0 spiro atoms. The number of rotatable bonds is 3. The molecule has 0 saturated carbocycles. The highest BCUT2D eigenvalue weighted by Gasteiger charge is 2.05. The van der Waals surface area contributed by atoms with Gasteiger partial charge in [-0.05, 0) is 34.1 Å². The van der Waals surface area contributed by atoms with Gasteiger partial charge in [-0.15, -0.1) is 0 Å². The largest absolute Gasteiger partial charge is 0.512 e. The van der Waals surface area contributed by atoms with Crippen LogP contribution in [0.1, 0.15) is 34.1 Å². The smallest absolute Gasteiger partial charge is 0.159 e. The Bertz CT molecular complexity index is 226. The van der Waals surface area contributed by atoms with Crippen molar-refractivity contribution < 1.29 is 9.90 Å². The highest BCUT2D eigenvalue weighted by molar-refractivity contribution is 5.93. The summed E-state index contributed by atoms with van der Waals surface area (Å²) in [5.74, 6) is 0.0625. The summed E-state index contributed by atoms with van der Waals surface area (Å²) in [5.41, 5.74) is 1.64. The van der Waals surface area contributed by atoms with Crippen molar-refractivity contribution in [3.63, 3.8) is 0 Å². The summed E-state index contributed by atoms with van der Waals surface area (Å²) in [6.07, 6.45) is 2.45. The molecule has 68 valence electrons. The van der Waals surface area contributed by atoms with Crippen LogP contribution in [0.2, 0.25) is 0 Å². The number of aliphatic hydroxyl groups excluding tert-OH is 1. The number of hydrogen-bond donors (Lipinski definition) is 1. The van der Waals surface area contributed by atoms with Crippen molar-refractivity contribution in [3.05, 3.63) is 23.0 Å². The van der Waals surface area contributed by atoms with Gasteiger partial charge in [0, 0.05) is 5.57 Å². The second kappa shape index (κ2) is 4.75. The van der Waals surface area contributed by atoms with E-state index in [9.17, 15) is 4.79 Å². The minimum Gasteiger partial charge on any atom is -0.512 e. The first-order chi connectivity index (χ1) is 5.45. The van der Waals surface area contributed by atoms with Gasteiger partial charge in [0.25, 0.3) is 0 Å². The average molecular weight is 168 g/mol. The topological polar surface area (TPSA) is 37.3 Å². The van der Waals surface area contributed by atoms with Crippen LogP contribution in [0.25, 0.3) is 0 Å². The van der Waals surface area contributed by atoms with E-state index in [1.807, 2.05) is 19.9 Å². The van der Waals surface area contributed by atoms with Gasteiger partial charge in [0.15, 0.2) is 5.78 Å². The predicted molar refractivity (Wildman–Crippen MR) is 50.1 cm³/mol. The van der Waals surface area contributed by atoms with Gasteiger partial charge in [0.2, 0.25) is 0 Å². The van der Waals surface area contributed by atoms with Crippen LogP contribution in [0.4, 0.5) is 0 Å². The summed E-state index contributed by atoms with van der Waals surface area (Å²) in [4.78, 5) is 11.0. The van der Waals surface area contributed by atoms with E-state index in [0.29, 0.717) is 12.0 Å². The molecule has 0 aliphatic heterocycles. The molecule has 0 saturated heterocycles. The summed E-state index contributed by atoms with van der Waals surface area (Å²) >= 11 is 0. The normalized spacial score (nSPS) is 12.0. The molecule has 2 heteroatoms. The molecule has 0 unspecified atom stereocenters. The van der Waals surface area contributed by atoms with Gasteiger partial charge in [-0.1, -0.05) is 11.6 Å². The van der Waals surface area contributed by atoms with Crippen molar-refractivity contribution in [2.24, 2.45) is 0 Å². The van der Waals surface area contributed by atoms with Crippen LogP contribution in [0.15, 0.2) is 23.0 Å². The van der Waals surface area contributed by atoms with Crippen LogP contribution < -0.4 is 0 Å². The van der Waals surface area contributed by atoms with E-state index in [2.05, 4.69) is 0 Å². The summed E-state index contributed by atoms with van der Waals surface area (Å²) in [7, 11) is 0. The number of Topliss-reactive ketones (excluding diaryl/α,β-unsaturated/α-hetero) is 1. The molecule has 0 bridgehead atoms. The van der Waals surface area contributed by atoms with Crippen molar-refractivity contribution in [3.8, 4) is 0 Å². The van der Waals surface area contributed by atoms with Crippen LogP contribution in [0, 0.1) is 0 Å². The van der Waals surface area contributed by atoms with Crippen molar-refractivity contribution in [2.75, 3.05) is 0 Å². The van der Waals surface area contributed by atoms with E-state index < -0.39 is 0 Å². The fourth-order valence-corrected chi connectivity index (χ4v) is 0.852. The van der Waals surface area contributed by atoms with Gasteiger partial charge in [-0.25, -0.2) is 0 Å². The third-order valence-corrected chi connectivity index (χ3v) is 1.58. The van der Waals surface area contributed by atoms with Gasteiger partial charge in [-0.2, -0.15) is 0 Å². The quantitative estimate of drug-likeness (QED) is 0.399. The second-order valence-electron chi connectivity index (χ2n) is 3.11. The molecule has 2 nitrogen and oxygen atoms in total. The Morgan fingerprint density at radius 3 is 2.00 bits per heavy atom. The first-order valence-corrected chi connectivity index (χ1v) is 3.98. The molecule has 0 aliphatic carbocycles. The molecule has 0 fully saturated rings. The Morgan fingerprint density at radius 1 is 1.25 bits per heavy atom. The predicted octanol–water partition coefficient (Wildman–Crippen LogP) is 2.76. The third kappa shape index (κ3) is 3.96. The molecule has 0 atom stereocenters. The highest BCUT2D eigenvalue weighted by Crippen LogP contribution is 2.10. The van der Waals surface area contributed by atoms with E-state index in [-0.39, 0.29) is 11.5 Å². The van der Waals surface area contributed by atoms with Crippen LogP contribution >= 0.6 is 0 Å². The van der Waals surface area contributed by atoms with Crippen molar-refractivity contribution >= 4 is 5.78 Å². The molecule has 0 rings (SSSR count). The Kier molecular flexibility index (Phi) is 4.34. The summed E-state index contributed by atoms with van der Waals surface area (Å²) in [5, 5.41) is 9.12. The zero-order chi connectivity index (χ0) is 9.72. The first-order valence-electron chi connectivity index (χ1n) is 3.98. The molecule has 0 amide bonds. The van der Waals surface area contributed by atoms with Crippen LogP contribution in [-0.2, 0) is 4.79 Å².